The molecule has 0 N–H and O–H groups in total. The summed E-state index contributed by atoms with van der Waals surface area (Å²) in [6, 6.07) is 0. The topological polar surface area (TPSA) is 0 Å². The number of allylic oxidation sites excluding steroid dienone is 1. The zero-order valence-electron chi connectivity index (χ0n) is 10.3. The van der Waals surface area contributed by atoms with E-state index in [2.05, 4.69) is 13.5 Å². The fraction of sp³-hybridized carbons (Fsp3) is 0.857. The number of unbranched alkanes of at least 4 members (excludes halogenated alkanes) is 5. The third kappa shape index (κ3) is 10.3. The molecule has 90 valence electrons. The summed E-state index contributed by atoms with van der Waals surface area (Å²) in [6.07, 6.45) is 14.0. The quantitative estimate of drug-likeness (QED) is 0.248. The maximum absolute atomic E-state index is 5.78. The molecule has 0 bridgehead atoms. The minimum Gasteiger partial charge on any atom is -0.127 e. The van der Waals surface area contributed by atoms with Crippen molar-refractivity contribution >= 4 is 11.6 Å². The van der Waals surface area contributed by atoms with E-state index in [0.717, 1.165) is 24.6 Å². The molecule has 0 nitrogen and oxygen atoms in total. The molecule has 1 atom stereocenters. The fourth-order valence-corrected chi connectivity index (χ4v) is 2.29. The van der Waals surface area contributed by atoms with Gasteiger partial charge < -0.3 is 0 Å². The highest BCUT2D eigenvalue weighted by molar-refractivity contribution is 6.17. The van der Waals surface area contributed by atoms with Crippen LogP contribution in [0.2, 0.25) is 0 Å². The molecule has 1 unspecified atom stereocenters. The van der Waals surface area contributed by atoms with Crippen LogP contribution in [0.4, 0.5) is 0 Å². The van der Waals surface area contributed by atoms with Crippen LogP contribution in [0, 0.1) is 5.92 Å². The number of hydrogen-bond donors (Lipinski definition) is 0. The second-order valence-electron chi connectivity index (χ2n) is 4.42. The summed E-state index contributed by atoms with van der Waals surface area (Å²) in [5.41, 5.74) is 0. The van der Waals surface area contributed by atoms with E-state index in [-0.39, 0.29) is 0 Å². The van der Waals surface area contributed by atoms with Crippen molar-refractivity contribution in [3.63, 3.8) is 0 Å². The lowest BCUT2D eigenvalue weighted by Gasteiger charge is -2.12. The largest absolute Gasteiger partial charge is 0.127 e. The molecule has 0 saturated carbocycles. The highest BCUT2D eigenvalue weighted by Gasteiger charge is 2.05. The Morgan fingerprint density at radius 1 is 1.07 bits per heavy atom. The lowest BCUT2D eigenvalue weighted by atomic mass is 9.95. The maximum Gasteiger partial charge on any atom is 0.0226 e. The third-order valence-corrected chi connectivity index (χ3v) is 3.20. The molecule has 1 heteroatoms. The number of halogens is 1. The number of alkyl halides is 1. The molecule has 0 aromatic rings. The minimum atomic E-state index is 0.783. The first-order valence-electron chi connectivity index (χ1n) is 6.52. The molecule has 0 heterocycles. The minimum absolute atomic E-state index is 0.783. The Balaban J connectivity index is 3.32. The van der Waals surface area contributed by atoms with Crippen LogP contribution in [-0.4, -0.2) is 5.88 Å². The Hall–Kier alpha value is 0.0300. The Bertz CT molecular complexity index is 131. The zero-order chi connectivity index (χ0) is 11.4. The van der Waals surface area contributed by atoms with Crippen LogP contribution in [0.5, 0.6) is 0 Å². The van der Waals surface area contributed by atoms with Crippen LogP contribution in [0.25, 0.3) is 0 Å². The van der Waals surface area contributed by atoms with Crippen molar-refractivity contribution in [1.82, 2.24) is 0 Å². The molecule has 0 aliphatic heterocycles. The van der Waals surface area contributed by atoms with E-state index < -0.39 is 0 Å². The van der Waals surface area contributed by atoms with Crippen molar-refractivity contribution in [3.05, 3.63) is 12.7 Å². The molecule has 0 aromatic carbocycles. The van der Waals surface area contributed by atoms with E-state index in [1.54, 1.807) is 0 Å². The Morgan fingerprint density at radius 2 is 1.73 bits per heavy atom. The normalized spacial score (nSPS) is 12.7. The van der Waals surface area contributed by atoms with E-state index in [1.807, 2.05) is 6.08 Å². The Kier molecular flexibility index (Phi) is 12.1. The monoisotopic (exact) mass is 230 g/mol. The molecule has 0 aliphatic carbocycles. The van der Waals surface area contributed by atoms with E-state index in [9.17, 15) is 0 Å². The molecular formula is C14H27Cl. The van der Waals surface area contributed by atoms with Crippen LogP contribution >= 0.6 is 11.6 Å². The van der Waals surface area contributed by atoms with Gasteiger partial charge >= 0.3 is 0 Å². The van der Waals surface area contributed by atoms with Crippen LogP contribution in [-0.2, 0) is 0 Å². The zero-order valence-corrected chi connectivity index (χ0v) is 11.1. The summed E-state index contributed by atoms with van der Waals surface area (Å²) in [6.45, 7) is 6.07. The second-order valence-corrected chi connectivity index (χ2v) is 4.80. The molecular weight excluding hydrogens is 204 g/mol. The average Bonchev–Trinajstić information content (AvgIpc) is 2.24. The lowest BCUT2D eigenvalue weighted by Crippen LogP contribution is -2.00. The highest BCUT2D eigenvalue weighted by Crippen LogP contribution is 2.19. The van der Waals surface area contributed by atoms with Crippen molar-refractivity contribution in [1.29, 1.82) is 0 Å². The number of hydrogen-bond acceptors (Lipinski definition) is 0. The lowest BCUT2D eigenvalue weighted by molar-refractivity contribution is 0.444. The van der Waals surface area contributed by atoms with Gasteiger partial charge in [-0.15, -0.1) is 18.2 Å². The first-order chi connectivity index (χ1) is 7.35. The first-order valence-corrected chi connectivity index (χ1v) is 7.05. The molecule has 0 aliphatic rings. The average molecular weight is 231 g/mol. The van der Waals surface area contributed by atoms with Gasteiger partial charge in [-0.25, -0.2) is 0 Å². The van der Waals surface area contributed by atoms with Gasteiger partial charge in [0.15, 0.2) is 0 Å². The van der Waals surface area contributed by atoms with Gasteiger partial charge in [0.05, 0.1) is 0 Å². The molecule has 0 aromatic heterocycles. The summed E-state index contributed by atoms with van der Waals surface area (Å²) in [7, 11) is 0. The maximum atomic E-state index is 5.78. The van der Waals surface area contributed by atoms with E-state index in [4.69, 9.17) is 11.6 Å². The van der Waals surface area contributed by atoms with Crippen LogP contribution in [0.1, 0.15) is 64.7 Å². The van der Waals surface area contributed by atoms with Gasteiger partial charge in [-0.3, -0.25) is 0 Å². The van der Waals surface area contributed by atoms with Crippen molar-refractivity contribution < 1.29 is 0 Å². The second kappa shape index (κ2) is 12.1. The van der Waals surface area contributed by atoms with Crippen molar-refractivity contribution in [2.45, 2.75) is 64.7 Å². The van der Waals surface area contributed by atoms with Gasteiger partial charge in [-0.05, 0) is 18.8 Å². The predicted molar refractivity (Wildman–Crippen MR) is 71.6 cm³/mol. The summed E-state index contributed by atoms with van der Waals surface area (Å²) in [5.74, 6) is 1.58. The highest BCUT2D eigenvalue weighted by atomic mass is 35.5. The van der Waals surface area contributed by atoms with Crippen LogP contribution in [0.3, 0.4) is 0 Å². The summed E-state index contributed by atoms with van der Waals surface area (Å²) in [4.78, 5) is 0. The molecule has 0 saturated heterocycles. The SMILES string of the molecule is C=CCC(CCCl)CCCCCCCC. The van der Waals surface area contributed by atoms with Gasteiger partial charge in [-0.1, -0.05) is 57.9 Å². The van der Waals surface area contributed by atoms with Crippen LogP contribution in [0.15, 0.2) is 12.7 Å². The molecule has 0 fully saturated rings. The fourth-order valence-electron chi connectivity index (χ4n) is 1.98. The van der Waals surface area contributed by atoms with Crippen LogP contribution < -0.4 is 0 Å². The van der Waals surface area contributed by atoms with Gasteiger partial charge in [0.1, 0.15) is 0 Å². The van der Waals surface area contributed by atoms with Crippen molar-refractivity contribution in [2.75, 3.05) is 5.88 Å². The van der Waals surface area contributed by atoms with Crippen molar-refractivity contribution in [2.24, 2.45) is 5.92 Å². The van der Waals surface area contributed by atoms with Gasteiger partial charge in [0, 0.05) is 5.88 Å². The molecule has 0 radical (unpaired) electrons. The molecule has 0 spiro atoms. The third-order valence-electron chi connectivity index (χ3n) is 2.98. The number of rotatable bonds is 11. The molecule has 15 heavy (non-hydrogen) atoms. The summed E-state index contributed by atoms with van der Waals surface area (Å²) < 4.78 is 0. The first kappa shape index (κ1) is 15.0. The van der Waals surface area contributed by atoms with E-state index in [1.165, 1.54) is 44.9 Å². The summed E-state index contributed by atoms with van der Waals surface area (Å²) in [5, 5.41) is 0. The summed E-state index contributed by atoms with van der Waals surface area (Å²) >= 11 is 5.78. The smallest absolute Gasteiger partial charge is 0.0226 e. The Labute approximate surface area is 101 Å². The molecule has 0 amide bonds. The Morgan fingerprint density at radius 3 is 2.33 bits per heavy atom. The van der Waals surface area contributed by atoms with Gasteiger partial charge in [0.2, 0.25) is 0 Å². The van der Waals surface area contributed by atoms with Gasteiger partial charge in [-0.2, -0.15) is 0 Å². The molecule has 0 rings (SSSR count). The predicted octanol–water partition coefficient (Wildman–Crippen LogP) is 5.56. The van der Waals surface area contributed by atoms with E-state index in [0.29, 0.717) is 0 Å². The van der Waals surface area contributed by atoms with E-state index >= 15 is 0 Å². The standard InChI is InChI=1S/C14H27Cl/c1-3-5-6-7-8-9-11-14(10-4-2)12-13-15/h4,14H,2-3,5-13H2,1H3. The van der Waals surface area contributed by atoms with Crippen molar-refractivity contribution in [3.8, 4) is 0 Å². The van der Waals surface area contributed by atoms with Gasteiger partial charge in [0.25, 0.3) is 0 Å².